The Hall–Kier alpha value is -0.450. The van der Waals surface area contributed by atoms with Crippen LogP contribution >= 0.6 is 0 Å². The van der Waals surface area contributed by atoms with Gasteiger partial charge in [-0.05, 0) is 58.7 Å². The van der Waals surface area contributed by atoms with Crippen molar-refractivity contribution < 1.29 is 4.79 Å². The van der Waals surface area contributed by atoms with Gasteiger partial charge in [0.2, 0.25) is 0 Å². The second-order valence-corrected chi connectivity index (χ2v) is 8.98. The first-order chi connectivity index (χ1) is 11.9. The molecule has 0 aliphatic carbocycles. The van der Waals surface area contributed by atoms with Gasteiger partial charge in [0.05, 0.1) is 0 Å². The molecule has 0 N–H and O–H groups in total. The van der Waals surface area contributed by atoms with E-state index in [1.54, 1.807) is 0 Å². The summed E-state index contributed by atoms with van der Waals surface area (Å²) in [6, 6.07) is 0.594. The van der Waals surface area contributed by atoms with Gasteiger partial charge in [0.25, 0.3) is 0 Å². The van der Waals surface area contributed by atoms with E-state index < -0.39 is 0 Å². The van der Waals surface area contributed by atoms with Crippen LogP contribution < -0.4 is 0 Å². The molecule has 146 valence electrons. The lowest BCUT2D eigenvalue weighted by Crippen LogP contribution is -2.55. The van der Waals surface area contributed by atoms with Crippen LogP contribution in [0.25, 0.3) is 0 Å². The Balaban J connectivity index is 2.01. The average Bonchev–Trinajstić information content (AvgIpc) is 2.60. The van der Waals surface area contributed by atoms with Crippen LogP contribution in [0.3, 0.4) is 0 Å². The molecule has 0 aromatic rings. The molecular weight excluding hydrogens is 310 g/mol. The Morgan fingerprint density at radius 2 is 1.48 bits per heavy atom. The van der Waals surface area contributed by atoms with Crippen LogP contribution in [0.1, 0.15) is 60.3 Å². The lowest BCUT2D eigenvalue weighted by atomic mass is 9.72. The summed E-state index contributed by atoms with van der Waals surface area (Å²) in [6.07, 6.45) is 3.92. The van der Waals surface area contributed by atoms with Gasteiger partial charge in [0, 0.05) is 50.6 Å². The minimum absolute atomic E-state index is 0.0886. The van der Waals surface area contributed by atoms with E-state index in [0.717, 1.165) is 78.0 Å². The van der Waals surface area contributed by atoms with Gasteiger partial charge in [-0.2, -0.15) is 0 Å². The third-order valence-corrected chi connectivity index (χ3v) is 6.46. The van der Waals surface area contributed by atoms with Gasteiger partial charge in [-0.1, -0.05) is 20.8 Å². The third-order valence-electron chi connectivity index (χ3n) is 6.46. The number of Topliss-reactive ketones (excluding diaryl/α,β-unsaturated/α-hetero) is 1. The second kappa shape index (κ2) is 9.48. The fraction of sp³-hybridized carbons (Fsp3) is 0.952. The number of carbonyl (C=O) groups is 1. The van der Waals surface area contributed by atoms with Crippen molar-refractivity contribution in [2.24, 2.45) is 11.3 Å². The third kappa shape index (κ3) is 5.77. The molecule has 2 aliphatic rings. The van der Waals surface area contributed by atoms with Crippen LogP contribution in [0.15, 0.2) is 0 Å². The van der Waals surface area contributed by atoms with Crippen molar-refractivity contribution in [2.45, 2.75) is 66.3 Å². The smallest absolute Gasteiger partial charge is 0.140 e. The molecule has 0 aromatic heterocycles. The number of rotatable bonds is 8. The molecule has 0 bridgehead atoms. The number of hydrogen-bond acceptors (Lipinski definition) is 4. The van der Waals surface area contributed by atoms with Crippen molar-refractivity contribution in [1.29, 1.82) is 0 Å². The Labute approximate surface area is 155 Å². The zero-order valence-electron chi connectivity index (χ0n) is 17.4. The minimum atomic E-state index is -0.0886. The molecular formula is C21H41N3O. The number of nitrogens with zero attached hydrogens (tertiary/aromatic N) is 3. The van der Waals surface area contributed by atoms with Crippen LogP contribution in [0, 0.1) is 11.3 Å². The zero-order valence-corrected chi connectivity index (χ0v) is 17.4. The second-order valence-electron chi connectivity index (χ2n) is 8.98. The highest BCUT2D eigenvalue weighted by atomic mass is 16.1. The van der Waals surface area contributed by atoms with Gasteiger partial charge in [-0.3, -0.25) is 9.69 Å². The van der Waals surface area contributed by atoms with Crippen molar-refractivity contribution >= 4 is 5.78 Å². The zero-order chi connectivity index (χ0) is 18.4. The lowest BCUT2D eigenvalue weighted by molar-refractivity contribution is -0.134. The molecule has 2 rings (SSSR count). The van der Waals surface area contributed by atoms with Crippen molar-refractivity contribution in [3.8, 4) is 0 Å². The van der Waals surface area contributed by atoms with Gasteiger partial charge < -0.3 is 9.80 Å². The van der Waals surface area contributed by atoms with E-state index in [4.69, 9.17) is 0 Å². The molecule has 2 fully saturated rings. The van der Waals surface area contributed by atoms with Crippen molar-refractivity contribution in [3.63, 3.8) is 0 Å². The fourth-order valence-electron chi connectivity index (χ4n) is 4.37. The molecule has 2 saturated heterocycles. The Bertz CT molecular complexity index is 405. The fourth-order valence-corrected chi connectivity index (χ4v) is 4.37. The first-order valence-corrected chi connectivity index (χ1v) is 10.6. The van der Waals surface area contributed by atoms with E-state index in [0.29, 0.717) is 17.7 Å². The van der Waals surface area contributed by atoms with Crippen LogP contribution in [0.2, 0.25) is 0 Å². The van der Waals surface area contributed by atoms with Gasteiger partial charge in [-0.15, -0.1) is 0 Å². The maximum atomic E-state index is 13.2. The Kier molecular flexibility index (Phi) is 7.91. The molecule has 4 heteroatoms. The highest BCUT2D eigenvalue weighted by molar-refractivity contribution is 5.85. The molecule has 0 atom stereocenters. The van der Waals surface area contributed by atoms with Gasteiger partial charge in [0.1, 0.15) is 5.78 Å². The molecule has 4 nitrogen and oxygen atoms in total. The Morgan fingerprint density at radius 3 is 1.96 bits per heavy atom. The van der Waals surface area contributed by atoms with Crippen LogP contribution in [-0.2, 0) is 4.79 Å². The lowest BCUT2D eigenvalue weighted by Gasteiger charge is -2.46. The van der Waals surface area contributed by atoms with E-state index in [1.807, 2.05) is 0 Å². The highest BCUT2D eigenvalue weighted by Crippen LogP contribution is 2.36. The summed E-state index contributed by atoms with van der Waals surface area (Å²) < 4.78 is 0. The monoisotopic (exact) mass is 351 g/mol. The SMILES string of the molecule is CCN1CCN(CC2(C(=O)CCC(C)C)CCN(C(C)C)CC2)CC1. The topological polar surface area (TPSA) is 26.8 Å². The molecule has 25 heavy (non-hydrogen) atoms. The number of likely N-dealkylation sites (tertiary alicyclic amines) is 1. The predicted octanol–water partition coefficient (Wildman–Crippen LogP) is 3.12. The molecule has 2 aliphatic heterocycles. The minimum Gasteiger partial charge on any atom is -0.301 e. The summed E-state index contributed by atoms with van der Waals surface area (Å²) in [7, 11) is 0. The van der Waals surface area contributed by atoms with Crippen molar-refractivity contribution in [2.75, 3.05) is 52.4 Å². The van der Waals surface area contributed by atoms with E-state index >= 15 is 0 Å². The molecule has 0 amide bonds. The maximum Gasteiger partial charge on any atom is 0.140 e. The van der Waals surface area contributed by atoms with E-state index in [1.165, 1.54) is 0 Å². The van der Waals surface area contributed by atoms with E-state index in [-0.39, 0.29) is 5.41 Å². The van der Waals surface area contributed by atoms with Gasteiger partial charge in [-0.25, -0.2) is 0 Å². The summed E-state index contributed by atoms with van der Waals surface area (Å²) in [4.78, 5) is 20.9. The average molecular weight is 352 g/mol. The summed E-state index contributed by atoms with van der Waals surface area (Å²) >= 11 is 0. The first-order valence-electron chi connectivity index (χ1n) is 10.6. The standard InChI is InChI=1S/C21H41N3O/c1-6-22-13-15-23(16-14-22)17-21(20(25)8-7-18(2)3)9-11-24(12-10-21)19(4)5/h18-19H,6-17H2,1-5H3. The van der Waals surface area contributed by atoms with Crippen LogP contribution in [0.5, 0.6) is 0 Å². The van der Waals surface area contributed by atoms with Crippen LogP contribution in [-0.4, -0.2) is 78.9 Å². The first kappa shape index (κ1) is 20.9. The maximum absolute atomic E-state index is 13.2. The summed E-state index contributed by atoms with van der Waals surface area (Å²) in [5, 5.41) is 0. The number of hydrogen-bond donors (Lipinski definition) is 0. The van der Waals surface area contributed by atoms with Gasteiger partial charge in [0.15, 0.2) is 0 Å². The summed E-state index contributed by atoms with van der Waals surface area (Å²) in [6.45, 7) is 20.1. The normalized spacial score (nSPS) is 23.5. The van der Waals surface area contributed by atoms with Gasteiger partial charge >= 0.3 is 0 Å². The predicted molar refractivity (Wildman–Crippen MR) is 106 cm³/mol. The molecule has 0 aromatic carbocycles. The number of piperazine rings is 1. The molecule has 2 heterocycles. The number of carbonyl (C=O) groups excluding carboxylic acids is 1. The quantitative estimate of drug-likeness (QED) is 0.671. The summed E-state index contributed by atoms with van der Waals surface area (Å²) in [5.41, 5.74) is -0.0886. The van der Waals surface area contributed by atoms with Crippen LogP contribution in [0.4, 0.5) is 0 Å². The molecule has 0 spiro atoms. The molecule has 0 unspecified atom stereocenters. The molecule has 0 radical (unpaired) electrons. The number of likely N-dealkylation sites (N-methyl/N-ethyl adjacent to an activating group) is 1. The largest absolute Gasteiger partial charge is 0.301 e. The molecule has 0 saturated carbocycles. The Morgan fingerprint density at radius 1 is 0.920 bits per heavy atom. The van der Waals surface area contributed by atoms with E-state index in [2.05, 4.69) is 49.3 Å². The van der Waals surface area contributed by atoms with Crippen molar-refractivity contribution in [3.05, 3.63) is 0 Å². The highest BCUT2D eigenvalue weighted by Gasteiger charge is 2.42. The van der Waals surface area contributed by atoms with Crippen molar-refractivity contribution in [1.82, 2.24) is 14.7 Å². The number of ketones is 1. The number of piperidine rings is 1. The van der Waals surface area contributed by atoms with E-state index in [9.17, 15) is 4.79 Å². The summed E-state index contributed by atoms with van der Waals surface area (Å²) in [5.74, 6) is 1.16.